The molecule has 2 heterocycles. The largest absolute Gasteiger partial charge is 0.494 e. The minimum absolute atomic E-state index is 0.0734. The zero-order valence-corrected chi connectivity index (χ0v) is 17.6. The summed E-state index contributed by atoms with van der Waals surface area (Å²) in [6.45, 7) is 2.33. The molecule has 7 heteroatoms. The molecule has 4 rings (SSSR count). The molecule has 7 nitrogen and oxygen atoms in total. The first-order valence-electron chi connectivity index (χ1n) is 10.2. The predicted octanol–water partition coefficient (Wildman–Crippen LogP) is 2.77. The molecule has 0 radical (unpaired) electrons. The number of amides is 1. The SMILES string of the molecule is CONC1=CCN2c3c(cccc31)C(=O)NC2c1ccc(OCCCN(C)C)cc1. The Balaban J connectivity index is 1.55. The van der Waals surface area contributed by atoms with Crippen molar-refractivity contribution in [1.29, 1.82) is 0 Å². The lowest BCUT2D eigenvalue weighted by Gasteiger charge is -2.42. The fourth-order valence-corrected chi connectivity index (χ4v) is 3.95. The second kappa shape index (κ2) is 8.77. The minimum Gasteiger partial charge on any atom is -0.494 e. The first-order valence-corrected chi connectivity index (χ1v) is 10.2. The van der Waals surface area contributed by atoms with Gasteiger partial charge in [-0.25, -0.2) is 0 Å². The molecule has 30 heavy (non-hydrogen) atoms. The van der Waals surface area contributed by atoms with Crippen LogP contribution in [0.1, 0.15) is 34.1 Å². The summed E-state index contributed by atoms with van der Waals surface area (Å²) in [7, 11) is 5.70. The van der Waals surface area contributed by atoms with Crippen LogP contribution in [0, 0.1) is 0 Å². The Hall–Kier alpha value is -3.03. The molecule has 1 amide bonds. The second-order valence-electron chi connectivity index (χ2n) is 7.73. The van der Waals surface area contributed by atoms with Crippen molar-refractivity contribution < 1.29 is 14.4 Å². The molecule has 0 bridgehead atoms. The molecule has 2 aliphatic heterocycles. The van der Waals surface area contributed by atoms with Gasteiger partial charge >= 0.3 is 0 Å². The molecular formula is C23H28N4O3. The average molecular weight is 409 g/mol. The summed E-state index contributed by atoms with van der Waals surface area (Å²) in [6, 6.07) is 13.7. The summed E-state index contributed by atoms with van der Waals surface area (Å²) in [5.74, 6) is 0.765. The van der Waals surface area contributed by atoms with Crippen molar-refractivity contribution in [1.82, 2.24) is 15.7 Å². The van der Waals surface area contributed by atoms with E-state index in [9.17, 15) is 4.79 Å². The van der Waals surface area contributed by atoms with Gasteiger partial charge in [0.15, 0.2) is 0 Å². The predicted molar refractivity (Wildman–Crippen MR) is 117 cm³/mol. The fraction of sp³-hybridized carbons (Fsp3) is 0.348. The van der Waals surface area contributed by atoms with Gasteiger partial charge in [-0.05, 0) is 50.4 Å². The zero-order chi connectivity index (χ0) is 21.1. The van der Waals surface area contributed by atoms with Crippen LogP contribution in [0.3, 0.4) is 0 Å². The maximum atomic E-state index is 12.8. The summed E-state index contributed by atoms with van der Waals surface area (Å²) in [5.41, 5.74) is 7.38. The van der Waals surface area contributed by atoms with Gasteiger partial charge in [0.2, 0.25) is 0 Å². The monoisotopic (exact) mass is 408 g/mol. The Kier molecular flexibility index (Phi) is 5.92. The fourth-order valence-electron chi connectivity index (χ4n) is 3.95. The van der Waals surface area contributed by atoms with Crippen molar-refractivity contribution in [2.24, 2.45) is 0 Å². The smallest absolute Gasteiger partial charge is 0.255 e. The van der Waals surface area contributed by atoms with Crippen molar-refractivity contribution in [2.45, 2.75) is 12.6 Å². The average Bonchev–Trinajstić information content (AvgIpc) is 2.75. The summed E-state index contributed by atoms with van der Waals surface area (Å²) in [5, 5.41) is 3.14. The third kappa shape index (κ3) is 3.99. The van der Waals surface area contributed by atoms with Crippen LogP contribution >= 0.6 is 0 Å². The van der Waals surface area contributed by atoms with E-state index in [1.54, 1.807) is 7.11 Å². The van der Waals surface area contributed by atoms with Crippen LogP contribution in [-0.2, 0) is 4.84 Å². The molecule has 2 aliphatic rings. The van der Waals surface area contributed by atoms with E-state index in [1.807, 2.05) is 42.5 Å². The van der Waals surface area contributed by atoms with Crippen LogP contribution in [0.15, 0.2) is 48.5 Å². The van der Waals surface area contributed by atoms with Crippen molar-refractivity contribution >= 4 is 17.3 Å². The van der Waals surface area contributed by atoms with Crippen molar-refractivity contribution in [2.75, 3.05) is 45.8 Å². The van der Waals surface area contributed by atoms with Gasteiger partial charge in [-0.15, -0.1) is 0 Å². The van der Waals surface area contributed by atoms with Crippen LogP contribution in [0.25, 0.3) is 5.70 Å². The topological polar surface area (TPSA) is 66.1 Å². The molecule has 2 N–H and O–H groups in total. The highest BCUT2D eigenvalue weighted by molar-refractivity contribution is 6.05. The standard InChI is InChI=1S/C23H28N4O3/c1-26(2)13-5-15-30-17-10-8-16(9-11-17)22-24-23(28)19-7-4-6-18-20(25-29-3)12-14-27(22)21(18)19/h4,6-12,22,25H,5,13-15H2,1-3H3,(H,24,28). The van der Waals surface area contributed by atoms with E-state index in [4.69, 9.17) is 9.57 Å². The lowest BCUT2D eigenvalue weighted by Crippen LogP contribution is -2.48. The lowest BCUT2D eigenvalue weighted by atomic mass is 9.95. The first-order chi connectivity index (χ1) is 14.6. The molecule has 2 aromatic rings. The molecule has 0 spiro atoms. The van der Waals surface area contributed by atoms with Gasteiger partial charge < -0.3 is 19.9 Å². The molecule has 2 aromatic carbocycles. The summed E-state index contributed by atoms with van der Waals surface area (Å²) in [6.07, 6.45) is 2.81. The van der Waals surface area contributed by atoms with E-state index in [0.717, 1.165) is 41.2 Å². The van der Waals surface area contributed by atoms with Gasteiger partial charge in [0, 0.05) is 18.7 Å². The number of benzene rings is 2. The van der Waals surface area contributed by atoms with Crippen LogP contribution < -0.4 is 20.4 Å². The number of ether oxygens (including phenoxy) is 1. The van der Waals surface area contributed by atoms with E-state index in [0.29, 0.717) is 18.7 Å². The van der Waals surface area contributed by atoms with Gasteiger partial charge in [-0.2, -0.15) is 0 Å². The Morgan fingerprint density at radius 3 is 2.67 bits per heavy atom. The summed E-state index contributed by atoms with van der Waals surface area (Å²) in [4.78, 5) is 22.3. The molecule has 0 aromatic heterocycles. The molecule has 0 fully saturated rings. The summed E-state index contributed by atoms with van der Waals surface area (Å²) >= 11 is 0. The number of nitrogens with one attached hydrogen (secondary N) is 2. The molecule has 1 atom stereocenters. The number of para-hydroxylation sites is 1. The zero-order valence-electron chi connectivity index (χ0n) is 17.6. The molecule has 158 valence electrons. The van der Waals surface area contributed by atoms with Crippen LogP contribution in [0.4, 0.5) is 5.69 Å². The number of carbonyl (C=O) groups excluding carboxylic acids is 1. The molecule has 0 saturated carbocycles. The number of nitrogens with zero attached hydrogens (tertiary/aromatic N) is 2. The van der Waals surface area contributed by atoms with E-state index in [-0.39, 0.29) is 12.1 Å². The third-order valence-corrected chi connectivity index (χ3v) is 5.36. The number of carbonyl (C=O) groups is 1. The normalized spacial score (nSPS) is 17.3. The lowest BCUT2D eigenvalue weighted by molar-refractivity contribution is 0.0926. The number of hydroxylamine groups is 1. The van der Waals surface area contributed by atoms with E-state index >= 15 is 0 Å². The number of anilines is 1. The van der Waals surface area contributed by atoms with Crippen LogP contribution in [0.2, 0.25) is 0 Å². The third-order valence-electron chi connectivity index (χ3n) is 5.36. The van der Waals surface area contributed by atoms with E-state index in [2.05, 4.69) is 40.8 Å². The van der Waals surface area contributed by atoms with Gasteiger partial charge in [-0.1, -0.05) is 24.3 Å². The van der Waals surface area contributed by atoms with Crippen LogP contribution in [-0.4, -0.2) is 51.7 Å². The molecular weight excluding hydrogens is 380 g/mol. The Labute approximate surface area is 177 Å². The van der Waals surface area contributed by atoms with Gasteiger partial charge in [-0.3, -0.25) is 15.1 Å². The molecule has 1 unspecified atom stereocenters. The highest BCUT2D eigenvalue weighted by Crippen LogP contribution is 2.40. The highest BCUT2D eigenvalue weighted by Gasteiger charge is 2.35. The maximum absolute atomic E-state index is 12.8. The Morgan fingerprint density at radius 2 is 1.93 bits per heavy atom. The Bertz CT molecular complexity index is 940. The van der Waals surface area contributed by atoms with E-state index in [1.165, 1.54) is 0 Å². The van der Waals surface area contributed by atoms with Crippen molar-refractivity contribution in [3.8, 4) is 5.75 Å². The van der Waals surface area contributed by atoms with Crippen LogP contribution in [0.5, 0.6) is 5.75 Å². The van der Waals surface area contributed by atoms with E-state index < -0.39 is 0 Å². The number of hydrogen-bond donors (Lipinski definition) is 2. The van der Waals surface area contributed by atoms with Gasteiger partial charge in [0.25, 0.3) is 5.91 Å². The molecule has 0 saturated heterocycles. The van der Waals surface area contributed by atoms with Gasteiger partial charge in [0.05, 0.1) is 30.7 Å². The van der Waals surface area contributed by atoms with Gasteiger partial charge in [0.1, 0.15) is 11.9 Å². The number of hydrogen-bond acceptors (Lipinski definition) is 6. The van der Waals surface area contributed by atoms with Crippen molar-refractivity contribution in [3.63, 3.8) is 0 Å². The summed E-state index contributed by atoms with van der Waals surface area (Å²) < 4.78 is 5.84. The van der Waals surface area contributed by atoms with Crippen molar-refractivity contribution in [3.05, 3.63) is 65.2 Å². The second-order valence-corrected chi connectivity index (χ2v) is 7.73. The molecule has 0 aliphatic carbocycles. The number of rotatable bonds is 8. The Morgan fingerprint density at radius 1 is 1.17 bits per heavy atom. The highest BCUT2D eigenvalue weighted by atomic mass is 16.6. The quantitative estimate of drug-likeness (QED) is 0.517. The minimum atomic E-state index is -0.241. The first kappa shape index (κ1) is 20.3. The maximum Gasteiger partial charge on any atom is 0.255 e.